The molecule has 1 heteroatoms. The van der Waals surface area contributed by atoms with E-state index < -0.39 is 0 Å². The minimum atomic E-state index is 1.15. The first-order valence-electron chi connectivity index (χ1n) is 2.80. The summed E-state index contributed by atoms with van der Waals surface area (Å²) in [6, 6.07) is 0. The normalized spacial score (nSPS) is 9.00. The molecule has 0 saturated carbocycles. The van der Waals surface area contributed by atoms with Crippen LogP contribution in [0.3, 0.4) is 0 Å². The first kappa shape index (κ1) is 11.0. The van der Waals surface area contributed by atoms with Crippen molar-refractivity contribution < 1.29 is 0 Å². The van der Waals surface area contributed by atoms with E-state index in [1.54, 1.807) is 12.2 Å². The molecule has 0 rings (SSSR count). The summed E-state index contributed by atoms with van der Waals surface area (Å²) in [6.07, 6.45) is 5.45. The lowest BCUT2D eigenvalue weighted by Crippen LogP contribution is -1.69. The van der Waals surface area contributed by atoms with E-state index in [-0.39, 0.29) is 0 Å². The van der Waals surface area contributed by atoms with Crippen LogP contribution in [0.5, 0.6) is 0 Å². The van der Waals surface area contributed by atoms with Crippen LogP contribution in [-0.2, 0) is 0 Å². The Kier molecular flexibility index (Phi) is 12.5. The smallest absolute Gasteiger partial charge is 0.0195 e. The average Bonchev–Trinajstić information content (AvgIpc) is 1.93. The van der Waals surface area contributed by atoms with E-state index >= 15 is 0 Å². The Morgan fingerprint density at radius 3 is 1.89 bits per heavy atom. The van der Waals surface area contributed by atoms with E-state index in [2.05, 4.69) is 18.9 Å². The summed E-state index contributed by atoms with van der Waals surface area (Å²) in [5.41, 5.74) is 5.65. The molecule has 0 radical (unpaired) electrons. The lowest BCUT2D eigenvalue weighted by molar-refractivity contribution is 1.48. The van der Waals surface area contributed by atoms with E-state index in [4.69, 9.17) is 0 Å². The zero-order valence-corrected chi connectivity index (χ0v) is 6.22. The quantitative estimate of drug-likeness (QED) is 0.560. The summed E-state index contributed by atoms with van der Waals surface area (Å²) in [5, 5.41) is 0. The SMILES string of the molecule is C=C/C=C(/C)C=C.CN. The third kappa shape index (κ3) is 11.0. The Bertz CT molecular complexity index is 101. The lowest BCUT2D eigenvalue weighted by atomic mass is 10.3. The van der Waals surface area contributed by atoms with E-state index in [1.807, 2.05) is 13.0 Å². The van der Waals surface area contributed by atoms with Crippen LogP contribution in [0.1, 0.15) is 6.92 Å². The number of allylic oxidation sites excluding steroid dienone is 4. The molecule has 0 heterocycles. The van der Waals surface area contributed by atoms with Crippen molar-refractivity contribution in [2.75, 3.05) is 7.05 Å². The minimum absolute atomic E-state index is 1.15. The van der Waals surface area contributed by atoms with Gasteiger partial charge in [0, 0.05) is 0 Å². The highest BCUT2D eigenvalue weighted by Crippen LogP contribution is 1.90. The highest BCUT2D eigenvalue weighted by Gasteiger charge is 1.68. The molecule has 0 aliphatic heterocycles. The molecule has 0 saturated heterocycles. The van der Waals surface area contributed by atoms with Crippen molar-refractivity contribution >= 4 is 0 Å². The van der Waals surface area contributed by atoms with Gasteiger partial charge < -0.3 is 5.73 Å². The average molecular weight is 125 g/mol. The summed E-state index contributed by atoms with van der Waals surface area (Å²) in [7, 11) is 1.50. The number of hydrogen-bond acceptors (Lipinski definition) is 1. The van der Waals surface area contributed by atoms with Crippen LogP contribution < -0.4 is 5.73 Å². The molecule has 0 aliphatic rings. The van der Waals surface area contributed by atoms with E-state index in [0.29, 0.717) is 0 Å². The second-order valence-corrected chi connectivity index (χ2v) is 1.35. The Morgan fingerprint density at radius 1 is 1.33 bits per heavy atom. The maximum Gasteiger partial charge on any atom is -0.0195 e. The zero-order valence-electron chi connectivity index (χ0n) is 6.22. The van der Waals surface area contributed by atoms with Gasteiger partial charge in [-0.15, -0.1) is 0 Å². The van der Waals surface area contributed by atoms with Gasteiger partial charge in [0.1, 0.15) is 0 Å². The second-order valence-electron chi connectivity index (χ2n) is 1.35. The van der Waals surface area contributed by atoms with Gasteiger partial charge in [-0.05, 0) is 14.0 Å². The van der Waals surface area contributed by atoms with Crippen molar-refractivity contribution in [2.45, 2.75) is 6.92 Å². The van der Waals surface area contributed by atoms with Crippen molar-refractivity contribution in [3.8, 4) is 0 Å². The highest BCUT2D eigenvalue weighted by molar-refractivity contribution is 5.17. The van der Waals surface area contributed by atoms with Crippen LogP contribution in [0.25, 0.3) is 0 Å². The third-order valence-corrected chi connectivity index (χ3v) is 0.703. The molecule has 1 nitrogen and oxygen atoms in total. The van der Waals surface area contributed by atoms with E-state index in [0.717, 1.165) is 5.57 Å². The summed E-state index contributed by atoms with van der Waals surface area (Å²) in [6.45, 7) is 9.07. The van der Waals surface area contributed by atoms with Crippen molar-refractivity contribution in [1.29, 1.82) is 0 Å². The summed E-state index contributed by atoms with van der Waals surface area (Å²) in [4.78, 5) is 0. The molecule has 0 amide bonds. The van der Waals surface area contributed by atoms with Gasteiger partial charge in [0.25, 0.3) is 0 Å². The first-order valence-corrected chi connectivity index (χ1v) is 2.80. The summed E-state index contributed by atoms with van der Waals surface area (Å²) >= 11 is 0. The predicted molar refractivity (Wildman–Crippen MR) is 44.3 cm³/mol. The number of hydrogen-bond donors (Lipinski definition) is 1. The van der Waals surface area contributed by atoms with Gasteiger partial charge >= 0.3 is 0 Å². The molecule has 0 atom stereocenters. The molecule has 0 aromatic rings. The zero-order chi connectivity index (χ0) is 7.70. The molecular formula is C8H15N. The van der Waals surface area contributed by atoms with Gasteiger partial charge in [-0.3, -0.25) is 0 Å². The molecule has 2 N–H and O–H groups in total. The van der Waals surface area contributed by atoms with Crippen LogP contribution in [-0.4, -0.2) is 7.05 Å². The first-order chi connectivity index (χ1) is 4.31. The monoisotopic (exact) mass is 125 g/mol. The minimum Gasteiger partial charge on any atom is -0.333 e. The molecule has 0 spiro atoms. The Labute approximate surface area is 57.6 Å². The standard InChI is InChI=1S/C7H10.CH5N/c1-4-6-7(3)5-2;1-2/h4-6H,1-2H2,3H3;2H2,1H3/b7-6-;. The third-order valence-electron chi connectivity index (χ3n) is 0.703. The lowest BCUT2D eigenvalue weighted by Gasteiger charge is -1.80. The van der Waals surface area contributed by atoms with Crippen LogP contribution in [0.15, 0.2) is 37.0 Å². The van der Waals surface area contributed by atoms with Gasteiger partial charge in [-0.25, -0.2) is 0 Å². The second kappa shape index (κ2) is 10.2. The fourth-order valence-electron chi connectivity index (χ4n) is 0.254. The fourth-order valence-corrected chi connectivity index (χ4v) is 0.254. The molecule has 0 aromatic carbocycles. The number of nitrogens with two attached hydrogens (primary N) is 1. The maximum absolute atomic E-state index is 4.50. The molecule has 0 bridgehead atoms. The molecule has 0 fully saturated rings. The molecule has 9 heavy (non-hydrogen) atoms. The largest absolute Gasteiger partial charge is 0.333 e. The van der Waals surface area contributed by atoms with Crippen molar-refractivity contribution in [3.63, 3.8) is 0 Å². The van der Waals surface area contributed by atoms with Crippen molar-refractivity contribution in [2.24, 2.45) is 5.73 Å². The van der Waals surface area contributed by atoms with Crippen molar-refractivity contribution in [1.82, 2.24) is 0 Å². The highest BCUT2D eigenvalue weighted by atomic mass is 14.4. The van der Waals surface area contributed by atoms with E-state index in [9.17, 15) is 0 Å². The van der Waals surface area contributed by atoms with Gasteiger partial charge in [0.15, 0.2) is 0 Å². The molecule has 0 aliphatic carbocycles. The molecule has 0 unspecified atom stereocenters. The van der Waals surface area contributed by atoms with Crippen LogP contribution >= 0.6 is 0 Å². The van der Waals surface area contributed by atoms with Gasteiger partial charge in [0.2, 0.25) is 0 Å². The maximum atomic E-state index is 4.50. The van der Waals surface area contributed by atoms with Crippen LogP contribution in [0.2, 0.25) is 0 Å². The molecular weight excluding hydrogens is 110 g/mol. The van der Waals surface area contributed by atoms with Crippen molar-refractivity contribution in [3.05, 3.63) is 37.0 Å². The summed E-state index contributed by atoms with van der Waals surface area (Å²) < 4.78 is 0. The fraction of sp³-hybridized carbons (Fsp3) is 0.250. The Hall–Kier alpha value is -0.820. The van der Waals surface area contributed by atoms with Gasteiger partial charge in [0.05, 0.1) is 0 Å². The predicted octanol–water partition coefficient (Wildman–Crippen LogP) is 1.88. The number of rotatable bonds is 2. The molecule has 52 valence electrons. The molecule has 0 aromatic heterocycles. The van der Waals surface area contributed by atoms with E-state index in [1.165, 1.54) is 7.05 Å². The Balaban J connectivity index is 0. The summed E-state index contributed by atoms with van der Waals surface area (Å²) in [5.74, 6) is 0. The Morgan fingerprint density at radius 2 is 1.78 bits per heavy atom. The van der Waals surface area contributed by atoms with Crippen LogP contribution in [0.4, 0.5) is 0 Å². The van der Waals surface area contributed by atoms with Gasteiger partial charge in [-0.2, -0.15) is 0 Å². The topological polar surface area (TPSA) is 26.0 Å². The van der Waals surface area contributed by atoms with Gasteiger partial charge in [-0.1, -0.05) is 37.0 Å². The van der Waals surface area contributed by atoms with Crippen LogP contribution in [0, 0.1) is 0 Å².